The van der Waals surface area contributed by atoms with Crippen LogP contribution in [-0.2, 0) is 0 Å². The summed E-state index contributed by atoms with van der Waals surface area (Å²) in [6, 6.07) is 0. The molecule has 0 spiro atoms. The minimum atomic E-state index is 1.17. The lowest BCUT2D eigenvalue weighted by atomic mass is 10.1. The molecule has 0 bridgehead atoms. The van der Waals surface area contributed by atoms with Gasteiger partial charge in [-0.25, -0.2) is 0 Å². The molecule has 0 radical (unpaired) electrons. The summed E-state index contributed by atoms with van der Waals surface area (Å²) < 4.78 is 0. The van der Waals surface area contributed by atoms with E-state index < -0.39 is 0 Å². The van der Waals surface area contributed by atoms with Crippen molar-refractivity contribution in [2.45, 2.75) is 40.5 Å². The molecule has 68 valence electrons. The Balaban J connectivity index is 3.71. The molecule has 0 amide bonds. The van der Waals surface area contributed by atoms with Gasteiger partial charge in [0.05, 0.1) is 0 Å². The number of allylic oxidation sites excluding steroid dienone is 6. The summed E-state index contributed by atoms with van der Waals surface area (Å²) in [6.07, 6.45) is 11.0. The fraction of sp³-hybridized carbons (Fsp3) is 0.500. The van der Waals surface area contributed by atoms with Crippen LogP contribution in [0, 0.1) is 0 Å². The van der Waals surface area contributed by atoms with Crippen LogP contribution in [0.3, 0.4) is 0 Å². The maximum atomic E-state index is 2.28. The van der Waals surface area contributed by atoms with Gasteiger partial charge in [0.2, 0.25) is 0 Å². The third-order valence-electron chi connectivity index (χ3n) is 1.66. The molecule has 0 saturated carbocycles. The van der Waals surface area contributed by atoms with Crippen LogP contribution in [0.2, 0.25) is 0 Å². The Kier molecular flexibility index (Phi) is 6.45. The van der Waals surface area contributed by atoms with Gasteiger partial charge in [-0.15, -0.1) is 0 Å². The van der Waals surface area contributed by atoms with Crippen molar-refractivity contribution in [3.8, 4) is 0 Å². The second-order valence-corrected chi connectivity index (χ2v) is 3.36. The van der Waals surface area contributed by atoms with E-state index in [1.165, 1.54) is 24.0 Å². The van der Waals surface area contributed by atoms with Crippen molar-refractivity contribution in [1.29, 1.82) is 0 Å². The number of hydrogen-bond acceptors (Lipinski definition) is 0. The highest BCUT2D eigenvalue weighted by molar-refractivity contribution is 5.10. The van der Waals surface area contributed by atoms with Crippen LogP contribution in [0.5, 0.6) is 0 Å². The highest BCUT2D eigenvalue weighted by Crippen LogP contribution is 2.06. The van der Waals surface area contributed by atoms with Gasteiger partial charge in [-0.2, -0.15) is 0 Å². The second-order valence-electron chi connectivity index (χ2n) is 3.36. The third kappa shape index (κ3) is 7.33. The molecular weight excluding hydrogens is 144 g/mol. The average molecular weight is 164 g/mol. The van der Waals surface area contributed by atoms with Gasteiger partial charge in [0.1, 0.15) is 0 Å². The topological polar surface area (TPSA) is 0 Å². The van der Waals surface area contributed by atoms with Crippen molar-refractivity contribution < 1.29 is 0 Å². The van der Waals surface area contributed by atoms with E-state index in [2.05, 4.69) is 45.1 Å². The summed E-state index contributed by atoms with van der Waals surface area (Å²) in [6.45, 7) is 8.51. The quantitative estimate of drug-likeness (QED) is 0.430. The highest BCUT2D eigenvalue weighted by Gasteiger charge is 1.85. The van der Waals surface area contributed by atoms with E-state index in [0.29, 0.717) is 0 Å². The molecule has 0 aromatic rings. The summed E-state index contributed by atoms with van der Waals surface area (Å²) in [7, 11) is 0. The minimum Gasteiger partial charge on any atom is -0.0877 e. The second kappa shape index (κ2) is 6.90. The molecule has 0 fully saturated rings. The molecule has 0 heterocycles. The molecule has 0 rings (SSSR count). The molecule has 0 aromatic heterocycles. The van der Waals surface area contributed by atoms with Gasteiger partial charge in [-0.1, -0.05) is 35.5 Å². The fourth-order valence-electron chi connectivity index (χ4n) is 0.932. The number of rotatable bonds is 4. The van der Waals surface area contributed by atoms with Crippen LogP contribution in [0.4, 0.5) is 0 Å². The van der Waals surface area contributed by atoms with E-state index in [1.54, 1.807) is 0 Å². The molecule has 0 saturated heterocycles. The van der Waals surface area contributed by atoms with E-state index in [9.17, 15) is 0 Å². The molecule has 12 heavy (non-hydrogen) atoms. The van der Waals surface area contributed by atoms with E-state index in [4.69, 9.17) is 0 Å². The van der Waals surface area contributed by atoms with Gasteiger partial charge in [0, 0.05) is 0 Å². The first-order valence-electron chi connectivity index (χ1n) is 4.58. The molecule has 0 aromatic carbocycles. The maximum absolute atomic E-state index is 2.28. The molecule has 0 N–H and O–H groups in total. The zero-order valence-electron chi connectivity index (χ0n) is 8.72. The zero-order chi connectivity index (χ0) is 9.40. The van der Waals surface area contributed by atoms with Gasteiger partial charge in [0.15, 0.2) is 0 Å². The first-order valence-corrected chi connectivity index (χ1v) is 4.58. The van der Waals surface area contributed by atoms with Crippen LogP contribution in [0.1, 0.15) is 40.5 Å². The lowest BCUT2D eigenvalue weighted by molar-refractivity contribution is 0.967. The lowest BCUT2D eigenvalue weighted by Crippen LogP contribution is -1.75. The first kappa shape index (κ1) is 11.2. The summed E-state index contributed by atoms with van der Waals surface area (Å²) in [4.78, 5) is 0. The standard InChI is InChI=1S/C12H20/c1-5-6-9-12(4)10-7-8-11(2)3/h5-6,8-9H,7,10H2,1-4H3/b6-5+,12-9+. The Morgan fingerprint density at radius 3 is 2.33 bits per heavy atom. The summed E-state index contributed by atoms with van der Waals surface area (Å²) >= 11 is 0. The number of hydrogen-bond donors (Lipinski definition) is 0. The van der Waals surface area contributed by atoms with Crippen LogP contribution in [0.25, 0.3) is 0 Å². The first-order chi connectivity index (χ1) is 5.66. The van der Waals surface area contributed by atoms with E-state index in [-0.39, 0.29) is 0 Å². The molecule has 0 nitrogen and oxygen atoms in total. The Morgan fingerprint density at radius 1 is 1.17 bits per heavy atom. The molecule has 0 aliphatic carbocycles. The van der Waals surface area contributed by atoms with Crippen molar-refractivity contribution >= 4 is 0 Å². The van der Waals surface area contributed by atoms with Crippen LogP contribution >= 0.6 is 0 Å². The van der Waals surface area contributed by atoms with Crippen molar-refractivity contribution in [2.24, 2.45) is 0 Å². The van der Waals surface area contributed by atoms with Crippen LogP contribution < -0.4 is 0 Å². The van der Waals surface area contributed by atoms with Crippen LogP contribution in [0.15, 0.2) is 35.5 Å². The third-order valence-corrected chi connectivity index (χ3v) is 1.66. The van der Waals surface area contributed by atoms with Gasteiger partial charge in [-0.3, -0.25) is 0 Å². The monoisotopic (exact) mass is 164 g/mol. The van der Waals surface area contributed by atoms with Crippen molar-refractivity contribution in [3.63, 3.8) is 0 Å². The minimum absolute atomic E-state index is 1.17. The average Bonchev–Trinajstić information content (AvgIpc) is 2.00. The molecule has 0 aliphatic heterocycles. The predicted octanol–water partition coefficient (Wildman–Crippen LogP) is 4.26. The van der Waals surface area contributed by atoms with Crippen molar-refractivity contribution in [3.05, 3.63) is 35.5 Å². The molecule has 0 aliphatic rings. The van der Waals surface area contributed by atoms with Gasteiger partial charge in [0.25, 0.3) is 0 Å². The van der Waals surface area contributed by atoms with Crippen molar-refractivity contribution in [2.75, 3.05) is 0 Å². The predicted molar refractivity (Wildman–Crippen MR) is 57.2 cm³/mol. The Morgan fingerprint density at radius 2 is 1.83 bits per heavy atom. The van der Waals surface area contributed by atoms with E-state index in [1.807, 2.05) is 6.92 Å². The van der Waals surface area contributed by atoms with E-state index >= 15 is 0 Å². The largest absolute Gasteiger partial charge is 0.0877 e. The smallest absolute Gasteiger partial charge is 0.0285 e. The Bertz CT molecular complexity index is 188. The van der Waals surface area contributed by atoms with Gasteiger partial charge < -0.3 is 0 Å². The normalized spacial score (nSPS) is 12.2. The molecule has 0 unspecified atom stereocenters. The van der Waals surface area contributed by atoms with Gasteiger partial charge >= 0.3 is 0 Å². The molecular formula is C12H20. The SMILES string of the molecule is C/C=C/C=C(\C)CCC=C(C)C. The fourth-order valence-corrected chi connectivity index (χ4v) is 0.932. The van der Waals surface area contributed by atoms with E-state index in [0.717, 1.165) is 0 Å². The Hall–Kier alpha value is -0.780. The highest BCUT2D eigenvalue weighted by atomic mass is 13.9. The summed E-state index contributed by atoms with van der Waals surface area (Å²) in [5.41, 5.74) is 2.86. The lowest BCUT2D eigenvalue weighted by Gasteiger charge is -1.95. The van der Waals surface area contributed by atoms with Crippen LogP contribution in [-0.4, -0.2) is 0 Å². The van der Waals surface area contributed by atoms with Crippen molar-refractivity contribution in [1.82, 2.24) is 0 Å². The summed E-state index contributed by atoms with van der Waals surface area (Å²) in [5.74, 6) is 0. The summed E-state index contributed by atoms with van der Waals surface area (Å²) in [5, 5.41) is 0. The Labute approximate surface area is 76.7 Å². The molecule has 0 heteroatoms. The molecule has 0 atom stereocenters. The van der Waals surface area contributed by atoms with Gasteiger partial charge in [-0.05, 0) is 40.5 Å². The maximum Gasteiger partial charge on any atom is -0.0285 e. The zero-order valence-corrected chi connectivity index (χ0v) is 8.72.